The number of halogens is 1. The van der Waals surface area contributed by atoms with Gasteiger partial charge >= 0.3 is 5.91 Å². The molecule has 0 aliphatic heterocycles. The summed E-state index contributed by atoms with van der Waals surface area (Å²) in [5.74, 6) is -1.72. The highest BCUT2D eigenvalue weighted by atomic mass is 79.9. The predicted molar refractivity (Wildman–Crippen MR) is 88.3 cm³/mol. The van der Waals surface area contributed by atoms with Gasteiger partial charge in [-0.25, -0.2) is 0 Å². The highest BCUT2D eigenvalue weighted by Gasteiger charge is 2.16. The summed E-state index contributed by atoms with van der Waals surface area (Å²) in [5, 5.41) is 27.2. The van der Waals surface area contributed by atoms with Crippen molar-refractivity contribution in [2.24, 2.45) is 17.3 Å². The molecule has 0 saturated heterocycles. The van der Waals surface area contributed by atoms with Gasteiger partial charge in [-0.3, -0.25) is 14.2 Å². The number of carbonyl (C=O) groups excluding carboxylic acids is 2. The lowest BCUT2D eigenvalue weighted by Crippen LogP contribution is -1.98. The fraction of sp³-hybridized carbons (Fsp3) is 0.0667. The van der Waals surface area contributed by atoms with E-state index in [0.29, 0.717) is 15.2 Å². The molecule has 3 aromatic rings. The molecule has 3 N–H and O–H groups in total. The Labute approximate surface area is 143 Å². The summed E-state index contributed by atoms with van der Waals surface area (Å²) in [6.45, 7) is 0. The molecule has 3 rings (SSSR count). The minimum absolute atomic E-state index is 0.115. The Bertz CT molecular complexity index is 1000. The zero-order valence-electron chi connectivity index (χ0n) is 12.3. The van der Waals surface area contributed by atoms with E-state index in [1.165, 1.54) is 35.9 Å². The number of nitrogens with zero attached hydrogens (tertiary/aromatic N) is 3. The van der Waals surface area contributed by atoms with Crippen LogP contribution in [0.4, 0.5) is 0 Å². The maximum atomic E-state index is 12.0. The van der Waals surface area contributed by atoms with E-state index >= 15 is 0 Å². The van der Waals surface area contributed by atoms with E-state index < -0.39 is 11.8 Å². The number of aromatic hydroxyl groups is 2. The van der Waals surface area contributed by atoms with Gasteiger partial charge < -0.3 is 15.2 Å². The average Bonchev–Trinajstić information content (AvgIpc) is 3.10. The van der Waals surface area contributed by atoms with Crippen molar-refractivity contribution >= 4 is 38.5 Å². The van der Waals surface area contributed by atoms with Gasteiger partial charge in [0.25, 0.3) is 5.91 Å². The number of H-pyrrole nitrogens is 1. The molecule has 0 bridgehead atoms. The van der Waals surface area contributed by atoms with Crippen molar-refractivity contribution in [3.8, 4) is 11.8 Å². The first-order chi connectivity index (χ1) is 11.4. The minimum Gasteiger partial charge on any atom is -0.494 e. The van der Waals surface area contributed by atoms with Crippen LogP contribution in [0.2, 0.25) is 0 Å². The van der Waals surface area contributed by atoms with Gasteiger partial charge in [-0.05, 0) is 40.2 Å². The van der Waals surface area contributed by atoms with Crippen LogP contribution in [0.25, 0.3) is 10.8 Å². The molecule has 8 nitrogen and oxygen atoms in total. The van der Waals surface area contributed by atoms with Gasteiger partial charge in [0.15, 0.2) is 0 Å². The zero-order chi connectivity index (χ0) is 17.4. The summed E-state index contributed by atoms with van der Waals surface area (Å²) in [4.78, 5) is 26.5. The molecule has 24 heavy (non-hydrogen) atoms. The molecule has 0 unspecified atom stereocenters. The molecule has 0 atom stereocenters. The number of aromatic amines is 1. The number of carbonyl (C=O) groups is 2. The molecule has 1 aromatic carbocycles. The maximum absolute atomic E-state index is 12.0. The highest BCUT2D eigenvalue weighted by molar-refractivity contribution is 9.10. The zero-order valence-corrected chi connectivity index (χ0v) is 13.9. The van der Waals surface area contributed by atoms with Crippen LogP contribution < -0.4 is 0 Å². The van der Waals surface area contributed by atoms with E-state index in [2.05, 4.69) is 31.1 Å². The normalized spacial score (nSPS) is 11.4. The molecule has 0 radical (unpaired) electrons. The van der Waals surface area contributed by atoms with Gasteiger partial charge in [-0.15, -0.1) is 10.2 Å². The fourth-order valence-corrected chi connectivity index (χ4v) is 2.56. The molecule has 0 spiro atoms. The molecular weight excluding hydrogens is 380 g/mol. The van der Waals surface area contributed by atoms with Gasteiger partial charge in [-0.2, -0.15) is 0 Å². The minimum atomic E-state index is -0.737. The Morgan fingerprint density at radius 2 is 1.75 bits per heavy atom. The summed E-state index contributed by atoms with van der Waals surface area (Å²) < 4.78 is 1.87. The number of aromatic nitrogens is 2. The Morgan fingerprint density at radius 1 is 1.08 bits per heavy atom. The number of benzene rings is 1. The van der Waals surface area contributed by atoms with Crippen LogP contribution in [-0.2, 0) is 7.05 Å². The van der Waals surface area contributed by atoms with Gasteiger partial charge in [0.05, 0.1) is 0 Å². The third kappa shape index (κ3) is 2.69. The molecule has 122 valence electrons. The number of hydrogen-bond donors (Lipinski definition) is 3. The van der Waals surface area contributed by atoms with E-state index in [4.69, 9.17) is 0 Å². The summed E-state index contributed by atoms with van der Waals surface area (Å²) in [7, 11) is 1.49. The smallest absolute Gasteiger partial charge is 0.311 e. The van der Waals surface area contributed by atoms with E-state index in [1.807, 2.05) is 0 Å². The molecule has 9 heteroatoms. The van der Waals surface area contributed by atoms with Gasteiger partial charge in [0.2, 0.25) is 11.8 Å². The Morgan fingerprint density at radius 3 is 2.42 bits per heavy atom. The lowest BCUT2D eigenvalue weighted by Gasteiger charge is -1.96. The van der Waals surface area contributed by atoms with Gasteiger partial charge in [0, 0.05) is 34.1 Å². The van der Waals surface area contributed by atoms with Crippen molar-refractivity contribution < 1.29 is 19.8 Å². The first-order valence-electron chi connectivity index (χ1n) is 6.73. The van der Waals surface area contributed by atoms with E-state index in [0.717, 1.165) is 0 Å². The van der Waals surface area contributed by atoms with Crippen molar-refractivity contribution in [3.05, 3.63) is 46.2 Å². The monoisotopic (exact) mass is 390 g/mol. The van der Waals surface area contributed by atoms with Crippen LogP contribution >= 0.6 is 15.9 Å². The second-order valence-corrected chi connectivity index (χ2v) is 5.92. The summed E-state index contributed by atoms with van der Waals surface area (Å²) in [6, 6.07) is 5.81. The lowest BCUT2D eigenvalue weighted by atomic mass is 10.1. The molecule has 0 fully saturated rings. The van der Waals surface area contributed by atoms with Crippen LogP contribution in [0.5, 0.6) is 11.8 Å². The van der Waals surface area contributed by atoms with Crippen LogP contribution in [0.15, 0.2) is 45.2 Å². The van der Waals surface area contributed by atoms with Gasteiger partial charge in [-0.1, -0.05) is 0 Å². The van der Waals surface area contributed by atoms with E-state index in [9.17, 15) is 19.8 Å². The second kappa shape index (κ2) is 5.93. The van der Waals surface area contributed by atoms with E-state index in [-0.39, 0.29) is 23.0 Å². The van der Waals surface area contributed by atoms with Crippen molar-refractivity contribution in [2.45, 2.75) is 0 Å². The van der Waals surface area contributed by atoms with Crippen LogP contribution in [0.3, 0.4) is 0 Å². The third-order valence-electron chi connectivity index (χ3n) is 3.49. The number of amides is 2. The number of rotatable bonds is 2. The lowest BCUT2D eigenvalue weighted by molar-refractivity contribution is 0.0944. The highest BCUT2D eigenvalue weighted by Crippen LogP contribution is 2.35. The number of fused-ring (bicyclic) bond motifs is 1. The van der Waals surface area contributed by atoms with Crippen molar-refractivity contribution in [1.29, 1.82) is 0 Å². The predicted octanol–water partition coefficient (Wildman–Crippen LogP) is 3.11. The molecule has 0 aliphatic carbocycles. The van der Waals surface area contributed by atoms with Crippen molar-refractivity contribution in [1.82, 2.24) is 9.55 Å². The quantitative estimate of drug-likeness (QED) is 0.582. The summed E-state index contributed by atoms with van der Waals surface area (Å²) >= 11 is 3.19. The third-order valence-corrected chi connectivity index (χ3v) is 3.95. The van der Waals surface area contributed by atoms with Crippen molar-refractivity contribution in [2.75, 3.05) is 0 Å². The molecular formula is C15H11BrN4O4. The van der Waals surface area contributed by atoms with E-state index in [1.54, 1.807) is 6.20 Å². The molecule has 2 aromatic heterocycles. The largest absolute Gasteiger partial charge is 0.494 e. The maximum Gasteiger partial charge on any atom is 0.311 e. The molecule has 2 amide bonds. The van der Waals surface area contributed by atoms with Crippen LogP contribution in [0, 0.1) is 0 Å². The number of hydrogen-bond acceptors (Lipinski definition) is 4. The Balaban J connectivity index is 1.87. The van der Waals surface area contributed by atoms with Crippen LogP contribution in [0.1, 0.15) is 20.8 Å². The topological polar surface area (TPSA) is 120 Å². The number of nitrogens with one attached hydrogen (secondary N) is 1. The SMILES string of the molecule is Cn1c(O)c2ccc(C(=O)N=NC(=O)c3cc(Br)c[nH]3)cc2c1O. The summed E-state index contributed by atoms with van der Waals surface area (Å²) in [5.41, 5.74) is 0.326. The molecule has 0 aliphatic rings. The first kappa shape index (κ1) is 15.9. The summed E-state index contributed by atoms with van der Waals surface area (Å²) in [6.07, 6.45) is 1.56. The fourth-order valence-electron chi connectivity index (χ4n) is 2.21. The Hall–Kier alpha value is -2.94. The Kier molecular flexibility index (Phi) is 3.94. The number of azo groups is 1. The molecule has 2 heterocycles. The van der Waals surface area contributed by atoms with Crippen LogP contribution in [-0.4, -0.2) is 31.6 Å². The standard InChI is InChI=1S/C15H11BrN4O4/c1-20-14(23)9-3-2-7(4-10(9)15(20)24)12(21)18-19-13(22)11-5-8(16)6-17-11/h2-6,17,23-24H,1H3. The second-order valence-electron chi connectivity index (χ2n) is 5.01. The molecule has 0 saturated carbocycles. The van der Waals surface area contributed by atoms with Gasteiger partial charge in [0.1, 0.15) is 5.69 Å². The first-order valence-corrected chi connectivity index (χ1v) is 7.52. The average molecular weight is 391 g/mol. The van der Waals surface area contributed by atoms with Crippen molar-refractivity contribution in [3.63, 3.8) is 0 Å².